The van der Waals surface area contributed by atoms with Gasteiger partial charge < -0.3 is 15.2 Å². The van der Waals surface area contributed by atoms with Crippen LogP contribution in [0.1, 0.15) is 25.7 Å². The van der Waals surface area contributed by atoms with Gasteiger partial charge in [-0.3, -0.25) is 14.9 Å². The number of benzene rings is 1. The van der Waals surface area contributed by atoms with Gasteiger partial charge in [-0.2, -0.15) is 0 Å². The molecule has 1 aromatic carbocycles. The molecule has 0 bridgehead atoms. The van der Waals surface area contributed by atoms with Gasteiger partial charge in [-0.1, -0.05) is 6.42 Å². The fraction of sp³-hybridized carbons (Fsp3) is 0.500. The summed E-state index contributed by atoms with van der Waals surface area (Å²) in [4.78, 5) is 21.5. The number of hydrogen-bond donors (Lipinski definition) is 2. The number of ether oxygens (including phenoxy) is 1. The van der Waals surface area contributed by atoms with Crippen molar-refractivity contribution in [3.63, 3.8) is 0 Å². The average Bonchev–Trinajstić information content (AvgIpc) is 2.41. The molecule has 7 heteroatoms. The van der Waals surface area contributed by atoms with E-state index in [1.54, 1.807) is 12.1 Å². The van der Waals surface area contributed by atoms with Gasteiger partial charge >= 0.3 is 5.97 Å². The molecule has 1 aliphatic carbocycles. The SMILES string of the molecule is COc1ccc(NCC2(CC(=O)O)CCC2)c([N+](=O)[O-])c1. The zero-order valence-electron chi connectivity index (χ0n) is 11.8. The zero-order valence-corrected chi connectivity index (χ0v) is 11.8. The molecule has 1 aromatic rings. The first kappa shape index (κ1) is 15.1. The van der Waals surface area contributed by atoms with Crippen LogP contribution in [0.25, 0.3) is 0 Å². The predicted octanol–water partition coefficient (Wildman–Crippen LogP) is 2.66. The lowest BCUT2D eigenvalue weighted by molar-refractivity contribution is -0.384. The fourth-order valence-electron chi connectivity index (χ4n) is 2.64. The van der Waals surface area contributed by atoms with Crippen LogP contribution in [-0.4, -0.2) is 29.7 Å². The minimum atomic E-state index is -0.833. The van der Waals surface area contributed by atoms with Gasteiger partial charge in [0.2, 0.25) is 0 Å². The summed E-state index contributed by atoms with van der Waals surface area (Å²) in [5, 5.41) is 23.1. The van der Waals surface area contributed by atoms with Gasteiger partial charge in [-0.05, 0) is 30.4 Å². The van der Waals surface area contributed by atoms with Crippen LogP contribution in [0.3, 0.4) is 0 Å². The van der Waals surface area contributed by atoms with Gasteiger partial charge in [0, 0.05) is 6.54 Å². The molecule has 0 aliphatic heterocycles. The number of anilines is 1. The second-order valence-electron chi connectivity index (χ2n) is 5.42. The van der Waals surface area contributed by atoms with Crippen LogP contribution >= 0.6 is 0 Å². The third-order valence-corrected chi connectivity index (χ3v) is 4.00. The van der Waals surface area contributed by atoms with Gasteiger partial charge in [-0.15, -0.1) is 0 Å². The Hall–Kier alpha value is -2.31. The smallest absolute Gasteiger partial charge is 0.303 e. The van der Waals surface area contributed by atoms with Crippen LogP contribution in [-0.2, 0) is 4.79 Å². The van der Waals surface area contributed by atoms with Crippen molar-refractivity contribution in [2.45, 2.75) is 25.7 Å². The monoisotopic (exact) mass is 294 g/mol. The average molecular weight is 294 g/mol. The molecule has 0 atom stereocenters. The van der Waals surface area contributed by atoms with Crippen molar-refractivity contribution in [2.75, 3.05) is 19.0 Å². The number of rotatable bonds is 7. The third-order valence-electron chi connectivity index (χ3n) is 4.00. The number of nitro benzene ring substituents is 1. The van der Waals surface area contributed by atoms with Crippen LogP contribution in [0, 0.1) is 15.5 Å². The number of carboxylic acid groups (broad SMARTS) is 1. The molecule has 0 aromatic heterocycles. The summed E-state index contributed by atoms with van der Waals surface area (Å²) in [6.45, 7) is 0.423. The second-order valence-corrected chi connectivity index (χ2v) is 5.42. The van der Waals surface area contributed by atoms with Gasteiger partial charge in [0.05, 0.1) is 24.5 Å². The van der Waals surface area contributed by atoms with Crippen molar-refractivity contribution in [1.82, 2.24) is 0 Å². The summed E-state index contributed by atoms with van der Waals surface area (Å²) < 4.78 is 4.98. The number of aliphatic carboxylic acids is 1. The van der Waals surface area contributed by atoms with Gasteiger partial charge in [0.1, 0.15) is 11.4 Å². The van der Waals surface area contributed by atoms with E-state index in [0.717, 1.165) is 19.3 Å². The zero-order chi connectivity index (χ0) is 15.5. The predicted molar refractivity (Wildman–Crippen MR) is 76.7 cm³/mol. The summed E-state index contributed by atoms with van der Waals surface area (Å²) in [7, 11) is 1.45. The molecule has 1 fully saturated rings. The Labute approximate surface area is 122 Å². The lowest BCUT2D eigenvalue weighted by Gasteiger charge is -2.41. The number of hydrogen-bond acceptors (Lipinski definition) is 5. The van der Waals surface area contributed by atoms with E-state index in [2.05, 4.69) is 5.32 Å². The Bertz CT molecular complexity index is 554. The van der Waals surface area contributed by atoms with Crippen molar-refractivity contribution in [3.8, 4) is 5.75 Å². The normalized spacial score (nSPS) is 15.9. The van der Waals surface area contributed by atoms with Crippen molar-refractivity contribution in [1.29, 1.82) is 0 Å². The molecule has 7 nitrogen and oxygen atoms in total. The Balaban J connectivity index is 2.12. The van der Waals surface area contributed by atoms with E-state index in [4.69, 9.17) is 9.84 Å². The highest BCUT2D eigenvalue weighted by Crippen LogP contribution is 2.44. The largest absolute Gasteiger partial charge is 0.496 e. The van der Waals surface area contributed by atoms with Crippen molar-refractivity contribution >= 4 is 17.3 Å². The maximum atomic E-state index is 11.1. The van der Waals surface area contributed by atoms with Crippen molar-refractivity contribution < 1.29 is 19.6 Å². The highest BCUT2D eigenvalue weighted by Gasteiger charge is 2.39. The number of nitrogens with one attached hydrogen (secondary N) is 1. The first-order valence-electron chi connectivity index (χ1n) is 6.74. The van der Waals surface area contributed by atoms with E-state index in [0.29, 0.717) is 18.0 Å². The van der Waals surface area contributed by atoms with Crippen LogP contribution < -0.4 is 10.1 Å². The molecule has 0 saturated heterocycles. The summed E-state index contributed by atoms with van der Waals surface area (Å²) in [6, 6.07) is 4.58. The highest BCUT2D eigenvalue weighted by molar-refractivity contribution is 5.68. The van der Waals surface area contributed by atoms with E-state index >= 15 is 0 Å². The Morgan fingerprint density at radius 1 is 1.52 bits per heavy atom. The minimum absolute atomic E-state index is 0.0702. The molecule has 1 aliphatic rings. The number of methoxy groups -OCH3 is 1. The first-order chi connectivity index (χ1) is 9.96. The molecular formula is C14H18N2O5. The van der Waals surface area contributed by atoms with E-state index in [1.807, 2.05) is 0 Å². The Morgan fingerprint density at radius 2 is 2.24 bits per heavy atom. The van der Waals surface area contributed by atoms with Crippen molar-refractivity contribution in [3.05, 3.63) is 28.3 Å². The lowest BCUT2D eigenvalue weighted by atomic mass is 9.66. The lowest BCUT2D eigenvalue weighted by Crippen LogP contribution is -2.38. The van der Waals surface area contributed by atoms with E-state index < -0.39 is 10.9 Å². The summed E-state index contributed by atoms with van der Waals surface area (Å²) in [6.07, 6.45) is 2.75. The van der Waals surface area contributed by atoms with Crippen LogP contribution in [0.4, 0.5) is 11.4 Å². The third kappa shape index (κ3) is 3.42. The van der Waals surface area contributed by atoms with Gasteiger partial charge in [-0.25, -0.2) is 0 Å². The second kappa shape index (κ2) is 5.99. The fourth-order valence-corrected chi connectivity index (χ4v) is 2.64. The maximum absolute atomic E-state index is 11.1. The molecule has 0 amide bonds. The number of carboxylic acids is 1. The molecule has 2 N–H and O–H groups in total. The molecule has 0 spiro atoms. The standard InChI is InChI=1S/C14H18N2O5/c1-21-10-3-4-11(12(7-10)16(19)20)15-9-14(5-2-6-14)8-13(17)18/h3-4,7,15H,2,5-6,8-9H2,1H3,(H,17,18). The Morgan fingerprint density at radius 3 is 2.71 bits per heavy atom. The number of carbonyl (C=O) groups is 1. The topological polar surface area (TPSA) is 102 Å². The molecule has 1 saturated carbocycles. The van der Waals surface area contributed by atoms with E-state index in [-0.39, 0.29) is 17.5 Å². The summed E-state index contributed by atoms with van der Waals surface area (Å²) in [5.41, 5.74) is 0.0243. The van der Waals surface area contributed by atoms with Crippen molar-refractivity contribution in [2.24, 2.45) is 5.41 Å². The molecule has 21 heavy (non-hydrogen) atoms. The maximum Gasteiger partial charge on any atom is 0.303 e. The van der Waals surface area contributed by atoms with Gasteiger partial charge in [0.15, 0.2) is 0 Å². The first-order valence-corrected chi connectivity index (χ1v) is 6.74. The summed E-state index contributed by atoms with van der Waals surface area (Å²) >= 11 is 0. The quantitative estimate of drug-likeness (QED) is 0.592. The molecule has 0 unspecified atom stereocenters. The van der Waals surface area contributed by atoms with E-state index in [9.17, 15) is 14.9 Å². The van der Waals surface area contributed by atoms with E-state index in [1.165, 1.54) is 13.2 Å². The molecule has 0 heterocycles. The van der Waals surface area contributed by atoms with Gasteiger partial charge in [0.25, 0.3) is 5.69 Å². The van der Waals surface area contributed by atoms with Crippen LogP contribution in [0.2, 0.25) is 0 Å². The minimum Gasteiger partial charge on any atom is -0.496 e. The highest BCUT2D eigenvalue weighted by atomic mass is 16.6. The molecule has 2 rings (SSSR count). The molecule has 114 valence electrons. The Kier molecular flexibility index (Phi) is 4.30. The number of nitrogens with zero attached hydrogens (tertiary/aromatic N) is 1. The van der Waals surface area contributed by atoms with Crippen LogP contribution in [0.5, 0.6) is 5.75 Å². The molecular weight excluding hydrogens is 276 g/mol. The van der Waals surface area contributed by atoms with Crippen LogP contribution in [0.15, 0.2) is 18.2 Å². The molecule has 0 radical (unpaired) electrons. The summed E-state index contributed by atoms with van der Waals surface area (Å²) in [5.74, 6) is -0.420. The number of nitro groups is 1.